The van der Waals surface area contributed by atoms with E-state index in [0.29, 0.717) is 22.1 Å². The Balaban J connectivity index is 1.45. The van der Waals surface area contributed by atoms with Gasteiger partial charge in [-0.2, -0.15) is 0 Å². The highest BCUT2D eigenvalue weighted by Gasteiger charge is 2.53. The van der Waals surface area contributed by atoms with E-state index >= 15 is 0 Å². The fraction of sp³-hybridized carbons (Fsp3) is 0.265. The SMILES string of the molecule is CCCCCCN(CC)c1ccc2c(c1)Oc1ccc(Nc3ccccc3Cl)cc1C21OC(=O)c2ccccc21. The first-order valence-electron chi connectivity index (χ1n) is 14.1. The molecule has 0 aromatic heterocycles. The van der Waals surface area contributed by atoms with Crippen LogP contribution in [0.1, 0.15) is 66.6 Å². The monoisotopic (exact) mass is 552 g/mol. The number of benzene rings is 4. The summed E-state index contributed by atoms with van der Waals surface area (Å²) in [5.41, 5.74) is 4.58. The van der Waals surface area contributed by atoms with Crippen molar-refractivity contribution < 1.29 is 14.3 Å². The summed E-state index contributed by atoms with van der Waals surface area (Å²) in [6, 6.07) is 27.4. The minimum absolute atomic E-state index is 0.339. The van der Waals surface area contributed by atoms with Gasteiger partial charge in [-0.3, -0.25) is 0 Å². The molecule has 5 nitrogen and oxygen atoms in total. The molecule has 0 radical (unpaired) electrons. The standard InChI is InChI=1S/C34H33ClN2O3/c1-3-5-6-11-20-37(4-2)24-17-18-27-32(22-24)39-31-19-16-23(36-30-15-10-9-14-29(30)35)21-28(31)34(27)26-13-8-7-12-25(26)33(38)40-34/h7-10,12-19,21-22,36H,3-6,11,20H2,1-2H3. The minimum atomic E-state index is -1.12. The van der Waals surface area contributed by atoms with Gasteiger partial charge in [0.2, 0.25) is 0 Å². The lowest BCUT2D eigenvalue weighted by Crippen LogP contribution is -2.33. The fourth-order valence-corrected chi connectivity index (χ4v) is 6.04. The van der Waals surface area contributed by atoms with Gasteiger partial charge in [-0.25, -0.2) is 4.79 Å². The second-order valence-corrected chi connectivity index (χ2v) is 10.8. The number of anilines is 3. The first-order valence-corrected chi connectivity index (χ1v) is 14.5. The van der Waals surface area contributed by atoms with E-state index in [1.54, 1.807) is 0 Å². The topological polar surface area (TPSA) is 50.8 Å². The number of carbonyl (C=O) groups is 1. The van der Waals surface area contributed by atoms with Crippen LogP contribution in [0.4, 0.5) is 17.1 Å². The molecule has 0 saturated carbocycles. The van der Waals surface area contributed by atoms with Crippen LogP contribution >= 0.6 is 11.6 Å². The Morgan fingerprint density at radius 3 is 2.48 bits per heavy atom. The van der Waals surface area contributed by atoms with Gasteiger partial charge in [0, 0.05) is 47.2 Å². The van der Waals surface area contributed by atoms with Crippen molar-refractivity contribution in [3.8, 4) is 11.5 Å². The highest BCUT2D eigenvalue weighted by molar-refractivity contribution is 6.33. The van der Waals surface area contributed by atoms with Crippen molar-refractivity contribution in [2.24, 2.45) is 0 Å². The summed E-state index contributed by atoms with van der Waals surface area (Å²) in [4.78, 5) is 15.6. The summed E-state index contributed by atoms with van der Waals surface area (Å²) in [7, 11) is 0. The van der Waals surface area contributed by atoms with Gasteiger partial charge >= 0.3 is 5.97 Å². The lowest BCUT2D eigenvalue weighted by atomic mass is 9.77. The lowest BCUT2D eigenvalue weighted by molar-refractivity contribution is 0.0224. The Labute approximate surface area is 240 Å². The molecule has 0 bridgehead atoms. The molecule has 2 aliphatic rings. The maximum atomic E-state index is 13.3. The summed E-state index contributed by atoms with van der Waals surface area (Å²) in [5.74, 6) is 1.02. The third-order valence-electron chi connectivity index (χ3n) is 7.88. The van der Waals surface area contributed by atoms with Crippen molar-refractivity contribution >= 4 is 34.6 Å². The number of ether oxygens (including phenoxy) is 2. The molecule has 1 N–H and O–H groups in total. The quantitative estimate of drug-likeness (QED) is 0.166. The molecule has 0 amide bonds. The van der Waals surface area contributed by atoms with Crippen LogP contribution in [0.25, 0.3) is 0 Å². The molecular weight excluding hydrogens is 520 g/mol. The first-order chi connectivity index (χ1) is 19.5. The van der Waals surface area contributed by atoms with E-state index in [-0.39, 0.29) is 5.97 Å². The molecule has 4 aromatic rings. The number of esters is 1. The van der Waals surface area contributed by atoms with Crippen molar-refractivity contribution in [2.75, 3.05) is 23.3 Å². The largest absolute Gasteiger partial charge is 0.456 e. The van der Waals surface area contributed by atoms with Crippen LogP contribution in [0.2, 0.25) is 5.02 Å². The van der Waals surface area contributed by atoms with Gasteiger partial charge in [0.25, 0.3) is 0 Å². The summed E-state index contributed by atoms with van der Waals surface area (Å²) >= 11 is 6.43. The summed E-state index contributed by atoms with van der Waals surface area (Å²) in [6.45, 7) is 6.31. The second kappa shape index (κ2) is 10.9. The normalized spacial score (nSPS) is 16.5. The molecule has 0 aliphatic carbocycles. The molecule has 1 unspecified atom stereocenters. The summed E-state index contributed by atoms with van der Waals surface area (Å²) < 4.78 is 12.9. The van der Waals surface area contributed by atoms with Crippen molar-refractivity contribution in [3.05, 3.63) is 112 Å². The number of nitrogens with zero attached hydrogens (tertiary/aromatic N) is 1. The van der Waals surface area contributed by atoms with E-state index in [0.717, 1.165) is 53.3 Å². The van der Waals surface area contributed by atoms with Crippen molar-refractivity contribution in [3.63, 3.8) is 0 Å². The highest BCUT2D eigenvalue weighted by Crippen LogP contribution is 2.57. The number of unbranched alkanes of at least 4 members (excludes halogenated alkanes) is 3. The van der Waals surface area contributed by atoms with Crippen LogP contribution in [0.15, 0.2) is 84.9 Å². The van der Waals surface area contributed by atoms with Crippen LogP contribution < -0.4 is 15.0 Å². The van der Waals surface area contributed by atoms with Crippen LogP contribution in [0, 0.1) is 0 Å². The third kappa shape index (κ3) is 4.48. The highest BCUT2D eigenvalue weighted by atomic mass is 35.5. The molecule has 0 saturated heterocycles. The smallest absolute Gasteiger partial charge is 0.340 e. The van der Waals surface area contributed by atoms with Crippen LogP contribution in [0.5, 0.6) is 11.5 Å². The maximum Gasteiger partial charge on any atom is 0.340 e. The molecule has 4 aromatic carbocycles. The molecule has 1 spiro atoms. The van der Waals surface area contributed by atoms with Crippen LogP contribution in [-0.2, 0) is 10.3 Å². The summed E-state index contributed by atoms with van der Waals surface area (Å²) in [6.07, 6.45) is 4.85. The number of rotatable bonds is 9. The zero-order valence-corrected chi connectivity index (χ0v) is 23.6. The number of halogens is 1. The predicted molar refractivity (Wildman–Crippen MR) is 161 cm³/mol. The molecule has 0 fully saturated rings. The number of para-hydroxylation sites is 1. The fourth-order valence-electron chi connectivity index (χ4n) is 5.85. The van der Waals surface area contributed by atoms with Gasteiger partial charge in [0.15, 0.2) is 5.60 Å². The Kier molecular flexibility index (Phi) is 7.16. The number of nitrogens with one attached hydrogen (secondary N) is 1. The molecule has 6 rings (SSSR count). The Hall–Kier alpha value is -3.96. The Bertz CT molecular complexity index is 1570. The molecular formula is C34H33ClN2O3. The van der Waals surface area contributed by atoms with Crippen molar-refractivity contribution in [1.82, 2.24) is 0 Å². The van der Waals surface area contributed by atoms with E-state index in [2.05, 4.69) is 42.3 Å². The molecule has 2 heterocycles. The van der Waals surface area contributed by atoms with E-state index in [4.69, 9.17) is 21.1 Å². The van der Waals surface area contributed by atoms with Crippen LogP contribution in [-0.4, -0.2) is 19.1 Å². The van der Waals surface area contributed by atoms with E-state index in [1.165, 1.54) is 19.3 Å². The summed E-state index contributed by atoms with van der Waals surface area (Å²) in [5, 5.41) is 4.04. The molecule has 204 valence electrons. The maximum absolute atomic E-state index is 13.3. The number of carbonyl (C=O) groups excluding carboxylic acids is 1. The van der Waals surface area contributed by atoms with Gasteiger partial charge in [0.1, 0.15) is 11.5 Å². The molecule has 1 atom stereocenters. The van der Waals surface area contributed by atoms with E-state index < -0.39 is 5.60 Å². The van der Waals surface area contributed by atoms with Gasteiger partial charge < -0.3 is 19.7 Å². The number of fused-ring (bicyclic) bond motifs is 6. The lowest BCUT2D eigenvalue weighted by Gasteiger charge is -2.37. The zero-order chi connectivity index (χ0) is 27.7. The predicted octanol–water partition coefficient (Wildman–Crippen LogP) is 9.06. The van der Waals surface area contributed by atoms with Gasteiger partial charge in [-0.05, 0) is 61.9 Å². The molecule has 40 heavy (non-hydrogen) atoms. The first kappa shape index (κ1) is 26.3. The zero-order valence-electron chi connectivity index (χ0n) is 22.9. The minimum Gasteiger partial charge on any atom is -0.456 e. The third-order valence-corrected chi connectivity index (χ3v) is 8.21. The van der Waals surface area contributed by atoms with E-state index in [1.807, 2.05) is 66.7 Å². The molecule has 2 aliphatic heterocycles. The van der Waals surface area contributed by atoms with Gasteiger partial charge in [-0.15, -0.1) is 0 Å². The Morgan fingerprint density at radius 2 is 1.65 bits per heavy atom. The van der Waals surface area contributed by atoms with Gasteiger partial charge in [0.05, 0.1) is 16.3 Å². The average Bonchev–Trinajstić information content (AvgIpc) is 3.27. The van der Waals surface area contributed by atoms with Crippen LogP contribution in [0.3, 0.4) is 0 Å². The molecule has 6 heteroatoms. The van der Waals surface area contributed by atoms with Crippen molar-refractivity contribution in [2.45, 2.75) is 45.1 Å². The second-order valence-electron chi connectivity index (χ2n) is 10.4. The number of hydrogen-bond acceptors (Lipinski definition) is 5. The van der Waals surface area contributed by atoms with Gasteiger partial charge in [-0.1, -0.05) is 68.1 Å². The number of hydrogen-bond donors (Lipinski definition) is 1. The Morgan fingerprint density at radius 1 is 0.825 bits per heavy atom. The van der Waals surface area contributed by atoms with Crippen molar-refractivity contribution in [1.29, 1.82) is 0 Å². The van der Waals surface area contributed by atoms with E-state index in [9.17, 15) is 4.79 Å². The average molecular weight is 553 g/mol.